The Morgan fingerprint density at radius 1 is 0.333 bits per heavy atom. The highest BCUT2D eigenvalue weighted by Gasteiger charge is 2.22. The Labute approximate surface area is 385 Å². The van der Waals surface area contributed by atoms with Gasteiger partial charge in [0.2, 0.25) is 23.6 Å². The molecule has 0 aliphatic carbocycles. The first-order valence-electron chi connectivity index (χ1n) is 22.7. The fraction of sp³-hybridized carbons (Fsp3) is 0.440. The third kappa shape index (κ3) is 16.4. The fourth-order valence-corrected chi connectivity index (χ4v) is 7.87. The Bertz CT molecular complexity index is 1820. The molecule has 8 N–H and O–H groups in total. The van der Waals surface area contributed by atoms with Crippen LogP contribution in [0.3, 0.4) is 0 Å². The predicted octanol–water partition coefficient (Wildman–Crippen LogP) is 3.84. The summed E-state index contributed by atoms with van der Waals surface area (Å²) in [4.78, 5) is 60.4. The van der Waals surface area contributed by atoms with Crippen molar-refractivity contribution in [1.29, 1.82) is 0 Å². The highest BCUT2D eigenvalue weighted by atomic mass is 16.5. The number of carbonyl (C=O) groups is 4. The number of benzene rings is 4. The third-order valence-corrected chi connectivity index (χ3v) is 11.5. The molecule has 0 radical (unpaired) electrons. The highest BCUT2D eigenvalue weighted by molar-refractivity contribution is 5.95. The van der Waals surface area contributed by atoms with Crippen molar-refractivity contribution in [1.82, 2.24) is 0 Å². The molecule has 4 amide bonds. The summed E-state index contributed by atoms with van der Waals surface area (Å²) in [5.74, 6) is -1.15. The average Bonchev–Trinajstić information content (AvgIpc) is 3.29. The van der Waals surface area contributed by atoms with E-state index >= 15 is 0 Å². The molecule has 16 heteroatoms. The monoisotopic (exact) mass is 912 g/mol. The third-order valence-electron chi connectivity index (χ3n) is 11.5. The molecular formula is C50H64N4O12. The summed E-state index contributed by atoms with van der Waals surface area (Å²) in [7, 11) is 0. The van der Waals surface area contributed by atoms with Crippen molar-refractivity contribution in [2.75, 3.05) is 45.8 Å². The molecule has 8 bridgehead atoms. The Morgan fingerprint density at radius 3 is 0.682 bits per heavy atom. The summed E-state index contributed by atoms with van der Waals surface area (Å²) in [6, 6.07) is 30.0. The maximum absolute atomic E-state index is 13.5. The standard InChI is InChI=1S/C50H64N4O12/c55-43(21-25-47(59)60)51-29-1-2-30-52(44(56)22-26-48(61)62)40-15-7-36(8-16-40)34-38-11-19-42(20-12-38)54(46(58)24-28-50(65)66)32-4-3-31-53(45(57)23-27-49(63)64)41-17-9-37(10-18-41)33-35-5-13-39(51)14-6-35/h5-20,47-50,59-66H,1-4,21-34H2. The molecule has 0 spiro atoms. The van der Waals surface area contributed by atoms with Crippen LogP contribution in [0.5, 0.6) is 0 Å². The number of hydrogen-bond acceptors (Lipinski definition) is 12. The second-order valence-corrected chi connectivity index (χ2v) is 16.7. The van der Waals surface area contributed by atoms with Crippen LogP contribution in [0, 0.1) is 0 Å². The van der Waals surface area contributed by atoms with E-state index in [-0.39, 0.29) is 75.0 Å². The zero-order valence-electron chi connectivity index (χ0n) is 37.3. The molecule has 4 aromatic rings. The van der Waals surface area contributed by atoms with Gasteiger partial charge in [0.15, 0.2) is 25.2 Å². The van der Waals surface area contributed by atoms with Crippen molar-refractivity contribution in [3.8, 4) is 0 Å². The van der Waals surface area contributed by atoms with Gasteiger partial charge in [0, 0.05) is 100 Å². The summed E-state index contributed by atoms with van der Waals surface area (Å²) >= 11 is 0. The summed E-state index contributed by atoms with van der Waals surface area (Å²) < 4.78 is 0. The van der Waals surface area contributed by atoms with E-state index in [0.717, 1.165) is 22.3 Å². The topological polar surface area (TPSA) is 243 Å². The minimum absolute atomic E-state index is 0.0915. The van der Waals surface area contributed by atoms with Crippen molar-refractivity contribution >= 4 is 46.4 Å². The lowest BCUT2D eigenvalue weighted by Gasteiger charge is -2.26. The molecule has 0 saturated carbocycles. The summed E-state index contributed by atoms with van der Waals surface area (Å²) in [5, 5.41) is 76.1. The first-order chi connectivity index (χ1) is 31.7. The predicted molar refractivity (Wildman–Crippen MR) is 249 cm³/mol. The second-order valence-electron chi connectivity index (χ2n) is 16.7. The zero-order valence-corrected chi connectivity index (χ0v) is 37.3. The first kappa shape index (κ1) is 51.4. The second kappa shape index (κ2) is 26.0. The van der Waals surface area contributed by atoms with Gasteiger partial charge in [-0.2, -0.15) is 0 Å². The van der Waals surface area contributed by atoms with Crippen LogP contribution < -0.4 is 19.6 Å². The molecular weight excluding hydrogens is 849 g/mol. The van der Waals surface area contributed by atoms with Crippen LogP contribution in [0.4, 0.5) is 22.7 Å². The number of aliphatic hydroxyl groups excluding tert-OH is 4. The lowest BCUT2D eigenvalue weighted by Crippen LogP contribution is -2.35. The number of anilines is 4. The van der Waals surface area contributed by atoms with E-state index in [4.69, 9.17) is 0 Å². The van der Waals surface area contributed by atoms with Gasteiger partial charge < -0.3 is 60.5 Å². The van der Waals surface area contributed by atoms with Gasteiger partial charge in [0.25, 0.3) is 0 Å². The quantitative estimate of drug-likeness (QED) is 0.0947. The largest absolute Gasteiger partial charge is 0.368 e. The summed E-state index contributed by atoms with van der Waals surface area (Å²) in [6.07, 6.45) is -4.39. The zero-order chi connectivity index (χ0) is 47.6. The fourth-order valence-electron chi connectivity index (χ4n) is 7.87. The molecule has 0 fully saturated rings. The molecule has 0 unspecified atom stereocenters. The van der Waals surface area contributed by atoms with Crippen molar-refractivity contribution in [3.63, 3.8) is 0 Å². The van der Waals surface area contributed by atoms with Crippen LogP contribution in [0.2, 0.25) is 0 Å². The highest BCUT2D eigenvalue weighted by Crippen LogP contribution is 2.26. The summed E-state index contributed by atoms with van der Waals surface area (Å²) in [5.41, 5.74) is 6.29. The maximum Gasteiger partial charge on any atom is 0.227 e. The van der Waals surface area contributed by atoms with E-state index in [1.54, 1.807) is 19.6 Å². The van der Waals surface area contributed by atoms with Gasteiger partial charge in [-0.25, -0.2) is 0 Å². The normalized spacial score (nSPS) is 14.6. The van der Waals surface area contributed by atoms with E-state index in [1.807, 2.05) is 97.1 Å². The molecule has 0 atom stereocenters. The van der Waals surface area contributed by atoms with Crippen molar-refractivity contribution < 1.29 is 60.0 Å². The smallest absolute Gasteiger partial charge is 0.227 e. The van der Waals surface area contributed by atoms with Crippen LogP contribution in [-0.2, 0) is 32.0 Å². The number of aliphatic hydroxyl groups is 8. The number of rotatable bonds is 12. The molecule has 7 heterocycles. The molecule has 0 saturated heterocycles. The molecule has 7 aliphatic heterocycles. The minimum atomic E-state index is -1.64. The number of carbonyl (C=O) groups excluding carboxylic acids is 4. The summed E-state index contributed by atoms with van der Waals surface area (Å²) in [6.45, 7) is 1.17. The lowest BCUT2D eigenvalue weighted by atomic mass is 10.0. The number of hydrogen-bond donors (Lipinski definition) is 8. The Hall–Kier alpha value is -5.56. The van der Waals surface area contributed by atoms with E-state index in [2.05, 4.69) is 0 Å². The molecule has 4 aromatic carbocycles. The molecule has 11 rings (SSSR count). The SMILES string of the molecule is O=C(CCC(O)O)N1CCCCN(C(=O)CCC(O)O)c2ccc(cc2)Cc2ccc(cc2)N(C(=O)CCC(O)O)CCCCN(C(=O)CCC(O)O)c2ccc(cc2)Cc2ccc1cc2. The molecule has 356 valence electrons. The first-order valence-corrected chi connectivity index (χ1v) is 22.7. The van der Waals surface area contributed by atoms with Gasteiger partial charge in [-0.15, -0.1) is 0 Å². The van der Waals surface area contributed by atoms with Crippen molar-refractivity contribution in [3.05, 3.63) is 119 Å². The maximum atomic E-state index is 13.5. The van der Waals surface area contributed by atoms with Gasteiger partial charge in [-0.1, -0.05) is 48.5 Å². The van der Waals surface area contributed by atoms with Crippen LogP contribution in [0.1, 0.15) is 99.3 Å². The van der Waals surface area contributed by atoms with Gasteiger partial charge in [-0.05, 0) is 109 Å². The van der Waals surface area contributed by atoms with Crippen molar-refractivity contribution in [2.24, 2.45) is 0 Å². The van der Waals surface area contributed by atoms with E-state index < -0.39 is 25.2 Å². The van der Waals surface area contributed by atoms with Crippen LogP contribution in [0.25, 0.3) is 0 Å². The Balaban J connectivity index is 1.45. The number of amides is 4. The Kier molecular flexibility index (Phi) is 20.2. The lowest BCUT2D eigenvalue weighted by molar-refractivity contribution is -0.121. The van der Waals surface area contributed by atoms with Crippen LogP contribution >= 0.6 is 0 Å². The molecule has 16 nitrogen and oxygen atoms in total. The van der Waals surface area contributed by atoms with Gasteiger partial charge in [-0.3, -0.25) is 19.2 Å². The van der Waals surface area contributed by atoms with Gasteiger partial charge >= 0.3 is 0 Å². The minimum Gasteiger partial charge on any atom is -0.368 e. The van der Waals surface area contributed by atoms with Crippen LogP contribution in [-0.4, -0.2) is 116 Å². The Morgan fingerprint density at radius 2 is 0.515 bits per heavy atom. The van der Waals surface area contributed by atoms with E-state index in [9.17, 15) is 60.0 Å². The molecule has 7 aliphatic rings. The van der Waals surface area contributed by atoms with Gasteiger partial charge in [0.1, 0.15) is 0 Å². The van der Waals surface area contributed by atoms with Crippen LogP contribution in [0.15, 0.2) is 97.1 Å². The van der Waals surface area contributed by atoms with Crippen molar-refractivity contribution in [2.45, 2.75) is 115 Å². The molecule has 0 aromatic heterocycles. The van der Waals surface area contributed by atoms with E-state index in [0.29, 0.717) is 87.5 Å². The van der Waals surface area contributed by atoms with Gasteiger partial charge in [0.05, 0.1) is 0 Å². The number of nitrogens with zero attached hydrogens (tertiary/aromatic N) is 4. The van der Waals surface area contributed by atoms with E-state index in [1.165, 1.54) is 0 Å². The molecule has 66 heavy (non-hydrogen) atoms. The average molecular weight is 913 g/mol.